The summed E-state index contributed by atoms with van der Waals surface area (Å²) in [7, 11) is 0. The van der Waals surface area contributed by atoms with Crippen LogP contribution < -0.4 is 4.90 Å². The minimum absolute atomic E-state index is 0.0314. The van der Waals surface area contributed by atoms with Gasteiger partial charge in [0.25, 0.3) is 0 Å². The van der Waals surface area contributed by atoms with Crippen LogP contribution in [0.1, 0.15) is 37.8 Å². The number of anilines is 3. The molecule has 0 fully saturated rings. The maximum atomic E-state index is 2.43. The van der Waals surface area contributed by atoms with E-state index < -0.39 is 0 Å². The third-order valence-corrected chi connectivity index (χ3v) is 10.3. The van der Waals surface area contributed by atoms with Crippen LogP contribution in [0.25, 0.3) is 49.0 Å². The molecule has 1 nitrogen and oxygen atoms in total. The first-order valence-corrected chi connectivity index (χ1v) is 16.4. The second-order valence-electron chi connectivity index (χ2n) is 13.3. The lowest BCUT2D eigenvalue weighted by molar-refractivity contribution is 0.652. The Labute approximate surface area is 270 Å². The fraction of sp³-hybridized carbons (Fsp3) is 0.111. The molecule has 0 saturated carbocycles. The molecule has 46 heavy (non-hydrogen) atoms. The summed E-state index contributed by atoms with van der Waals surface area (Å²) in [6.45, 7) is 4.78. The van der Waals surface area contributed by atoms with E-state index in [0.29, 0.717) is 0 Å². The molecule has 0 unspecified atom stereocenters. The van der Waals surface area contributed by atoms with Crippen molar-refractivity contribution in [3.05, 3.63) is 168 Å². The molecule has 9 rings (SSSR count). The second-order valence-corrected chi connectivity index (χ2v) is 13.3. The standard InChI is InChI=1S/C45H35N/c1-45(2)41-17-9-8-16-39(41)44-38-26-22-33-21-25-35(29-40(33)37(38)27-28-42(44)45)46(43-18-10-14-32-13-6-7-15-36(32)43)34-23-19-31(20-24-34)30-11-4-3-5-12-30/h3-7,9-15,17-29H,8,16H2,1-2H3. The summed E-state index contributed by atoms with van der Waals surface area (Å²) in [6.07, 6.45) is 6.97. The molecule has 220 valence electrons. The molecule has 0 spiro atoms. The van der Waals surface area contributed by atoms with Crippen molar-refractivity contribution >= 4 is 55.0 Å². The van der Waals surface area contributed by atoms with Crippen molar-refractivity contribution in [1.82, 2.24) is 0 Å². The molecule has 1 heteroatoms. The van der Waals surface area contributed by atoms with Crippen LogP contribution in [0.4, 0.5) is 17.1 Å². The van der Waals surface area contributed by atoms with Gasteiger partial charge in [-0.1, -0.05) is 135 Å². The predicted molar refractivity (Wildman–Crippen MR) is 197 cm³/mol. The zero-order chi connectivity index (χ0) is 30.8. The van der Waals surface area contributed by atoms with Gasteiger partial charge >= 0.3 is 0 Å². The molecule has 0 atom stereocenters. The van der Waals surface area contributed by atoms with Crippen LogP contribution in [0.3, 0.4) is 0 Å². The average molecular weight is 590 g/mol. The van der Waals surface area contributed by atoms with E-state index in [4.69, 9.17) is 0 Å². The molecule has 2 aliphatic rings. The molecule has 7 aromatic rings. The summed E-state index contributed by atoms with van der Waals surface area (Å²) >= 11 is 0. The highest BCUT2D eigenvalue weighted by molar-refractivity contribution is 6.14. The lowest BCUT2D eigenvalue weighted by Crippen LogP contribution is -2.16. The summed E-state index contributed by atoms with van der Waals surface area (Å²) in [5, 5.41) is 7.74. The topological polar surface area (TPSA) is 3.24 Å². The Hall–Kier alpha value is -5.40. The van der Waals surface area contributed by atoms with Crippen molar-refractivity contribution in [2.24, 2.45) is 0 Å². The number of hydrogen-bond acceptors (Lipinski definition) is 1. The van der Waals surface area contributed by atoms with Crippen LogP contribution >= 0.6 is 0 Å². The molecule has 0 heterocycles. The van der Waals surface area contributed by atoms with E-state index >= 15 is 0 Å². The second kappa shape index (κ2) is 10.3. The monoisotopic (exact) mass is 589 g/mol. The van der Waals surface area contributed by atoms with E-state index in [2.05, 4.69) is 170 Å². The lowest BCUT2D eigenvalue weighted by atomic mass is 9.80. The molecular weight excluding hydrogens is 555 g/mol. The first-order chi connectivity index (χ1) is 22.6. The molecule has 0 saturated heterocycles. The first-order valence-electron chi connectivity index (χ1n) is 16.4. The van der Waals surface area contributed by atoms with Gasteiger partial charge in [-0.25, -0.2) is 0 Å². The van der Waals surface area contributed by atoms with Crippen molar-refractivity contribution in [3.63, 3.8) is 0 Å². The number of fused-ring (bicyclic) bond motifs is 7. The van der Waals surface area contributed by atoms with Gasteiger partial charge in [0, 0.05) is 22.2 Å². The zero-order valence-electron chi connectivity index (χ0n) is 26.3. The summed E-state index contributed by atoms with van der Waals surface area (Å²) < 4.78 is 0. The van der Waals surface area contributed by atoms with Gasteiger partial charge in [0.05, 0.1) is 5.69 Å². The molecule has 2 aliphatic carbocycles. The Bertz CT molecular complexity index is 2370. The summed E-state index contributed by atoms with van der Waals surface area (Å²) in [6, 6.07) is 51.4. The highest BCUT2D eigenvalue weighted by atomic mass is 15.1. The van der Waals surface area contributed by atoms with Crippen molar-refractivity contribution in [1.29, 1.82) is 0 Å². The van der Waals surface area contributed by atoms with Crippen LogP contribution in [0.15, 0.2) is 157 Å². The Balaban J connectivity index is 1.26. The minimum atomic E-state index is 0.0314. The largest absolute Gasteiger partial charge is 0.310 e. The molecule has 0 radical (unpaired) electrons. The van der Waals surface area contributed by atoms with Gasteiger partial charge in [0.2, 0.25) is 0 Å². The van der Waals surface area contributed by atoms with Crippen LogP contribution in [0.5, 0.6) is 0 Å². The smallest absolute Gasteiger partial charge is 0.0540 e. The number of allylic oxidation sites excluding steroid dienone is 4. The van der Waals surface area contributed by atoms with Crippen LogP contribution in [-0.2, 0) is 5.41 Å². The van der Waals surface area contributed by atoms with Crippen molar-refractivity contribution in [2.75, 3.05) is 4.90 Å². The summed E-state index contributed by atoms with van der Waals surface area (Å²) in [5.41, 5.74) is 11.9. The summed E-state index contributed by atoms with van der Waals surface area (Å²) in [4.78, 5) is 2.43. The van der Waals surface area contributed by atoms with Gasteiger partial charge < -0.3 is 4.90 Å². The van der Waals surface area contributed by atoms with Crippen molar-refractivity contribution in [3.8, 4) is 11.1 Å². The third-order valence-electron chi connectivity index (χ3n) is 10.3. The number of rotatable bonds is 4. The van der Waals surface area contributed by atoms with Crippen molar-refractivity contribution < 1.29 is 0 Å². The Kier molecular flexibility index (Phi) is 6.05. The first kappa shape index (κ1) is 27.0. The maximum Gasteiger partial charge on any atom is 0.0540 e. The van der Waals surface area contributed by atoms with Gasteiger partial charge in [-0.05, 0) is 104 Å². The van der Waals surface area contributed by atoms with E-state index in [-0.39, 0.29) is 5.41 Å². The lowest BCUT2D eigenvalue weighted by Gasteiger charge is -2.27. The minimum Gasteiger partial charge on any atom is -0.310 e. The van der Waals surface area contributed by atoms with Crippen LogP contribution in [-0.4, -0.2) is 0 Å². The molecule has 0 aromatic heterocycles. The van der Waals surface area contributed by atoms with Gasteiger partial charge in [-0.3, -0.25) is 0 Å². The van der Waals surface area contributed by atoms with E-state index in [1.807, 2.05) is 0 Å². The maximum absolute atomic E-state index is 2.43. The third kappa shape index (κ3) is 4.08. The van der Waals surface area contributed by atoms with Gasteiger partial charge in [0.15, 0.2) is 0 Å². The molecule has 0 N–H and O–H groups in total. The fourth-order valence-corrected chi connectivity index (χ4v) is 8.03. The molecule has 0 aliphatic heterocycles. The van der Waals surface area contributed by atoms with Crippen molar-refractivity contribution in [2.45, 2.75) is 32.1 Å². The molecular formula is C45H35N. The van der Waals surface area contributed by atoms with Crippen LogP contribution in [0.2, 0.25) is 0 Å². The zero-order valence-corrected chi connectivity index (χ0v) is 26.3. The van der Waals surface area contributed by atoms with E-state index in [0.717, 1.165) is 24.2 Å². The highest BCUT2D eigenvalue weighted by Crippen LogP contribution is 2.53. The Morgan fingerprint density at radius 2 is 1.24 bits per heavy atom. The van der Waals surface area contributed by atoms with E-state index in [1.54, 1.807) is 5.57 Å². The van der Waals surface area contributed by atoms with Crippen LogP contribution in [0, 0.1) is 0 Å². The predicted octanol–water partition coefficient (Wildman–Crippen LogP) is 12.7. The van der Waals surface area contributed by atoms with E-state index in [9.17, 15) is 0 Å². The number of nitrogens with zero attached hydrogens (tertiary/aromatic N) is 1. The normalized spacial score (nSPS) is 15.0. The SMILES string of the molecule is CC1(C)C2=C(CCC=C2)c2c1ccc1c2ccc2ccc(N(c3ccc(-c4ccccc4)cc3)c3cccc4ccccc34)cc21. The van der Waals surface area contributed by atoms with E-state index in [1.165, 1.54) is 65.8 Å². The molecule has 0 bridgehead atoms. The van der Waals surface area contributed by atoms with Gasteiger partial charge in [-0.15, -0.1) is 0 Å². The highest BCUT2D eigenvalue weighted by Gasteiger charge is 2.38. The Morgan fingerprint density at radius 3 is 2.11 bits per heavy atom. The average Bonchev–Trinajstić information content (AvgIpc) is 3.35. The number of benzene rings is 7. The number of hydrogen-bond donors (Lipinski definition) is 0. The molecule has 7 aromatic carbocycles. The van der Waals surface area contributed by atoms with Gasteiger partial charge in [-0.2, -0.15) is 0 Å². The fourth-order valence-electron chi connectivity index (χ4n) is 8.03. The molecule has 0 amide bonds. The quantitative estimate of drug-likeness (QED) is 0.185. The Morgan fingerprint density at radius 1 is 0.543 bits per heavy atom. The summed E-state index contributed by atoms with van der Waals surface area (Å²) in [5.74, 6) is 0. The van der Waals surface area contributed by atoms with Gasteiger partial charge in [0.1, 0.15) is 0 Å².